The van der Waals surface area contributed by atoms with Gasteiger partial charge in [-0.15, -0.1) is 0 Å². The van der Waals surface area contributed by atoms with Crippen LogP contribution in [0.15, 0.2) is 54.7 Å². The van der Waals surface area contributed by atoms with E-state index in [9.17, 15) is 4.79 Å². The first-order valence-electron chi connectivity index (χ1n) is 10.00. The summed E-state index contributed by atoms with van der Waals surface area (Å²) in [5.41, 5.74) is 3.97. The van der Waals surface area contributed by atoms with Gasteiger partial charge in [0.15, 0.2) is 0 Å². The second-order valence-corrected chi connectivity index (χ2v) is 7.35. The van der Waals surface area contributed by atoms with Crippen LogP contribution in [0.3, 0.4) is 0 Å². The number of rotatable bonds is 6. The number of hydrogen-bond acceptors (Lipinski definition) is 5. The molecule has 7 heteroatoms. The van der Waals surface area contributed by atoms with Gasteiger partial charge in [-0.25, -0.2) is 4.98 Å². The minimum Gasteiger partial charge on any atom is -0.497 e. The number of hydrogen-bond donors (Lipinski definition) is 2. The van der Waals surface area contributed by atoms with Crippen LogP contribution in [0.5, 0.6) is 5.75 Å². The minimum absolute atomic E-state index is 0.0492. The molecule has 1 fully saturated rings. The van der Waals surface area contributed by atoms with Crippen molar-refractivity contribution in [3.8, 4) is 17.0 Å². The molecule has 2 N–H and O–H groups in total. The Morgan fingerprint density at radius 1 is 1.30 bits per heavy atom. The highest BCUT2D eigenvalue weighted by Gasteiger charge is 2.27. The van der Waals surface area contributed by atoms with E-state index in [1.54, 1.807) is 7.11 Å². The summed E-state index contributed by atoms with van der Waals surface area (Å²) in [5, 5.41) is 2.80. The van der Waals surface area contributed by atoms with E-state index in [4.69, 9.17) is 9.47 Å². The molecule has 2 aromatic carbocycles. The van der Waals surface area contributed by atoms with Gasteiger partial charge in [0, 0.05) is 31.3 Å². The number of imidazole rings is 1. The third kappa shape index (κ3) is 4.69. The molecule has 0 spiro atoms. The summed E-state index contributed by atoms with van der Waals surface area (Å²) in [5.74, 6) is 1.64. The van der Waals surface area contributed by atoms with Crippen LogP contribution >= 0.6 is 0 Å². The van der Waals surface area contributed by atoms with Crippen LogP contribution in [0.2, 0.25) is 0 Å². The molecule has 2 heterocycles. The van der Waals surface area contributed by atoms with E-state index in [1.165, 1.54) is 12.5 Å². The summed E-state index contributed by atoms with van der Waals surface area (Å²) in [6, 6.07) is 15.9. The summed E-state index contributed by atoms with van der Waals surface area (Å²) >= 11 is 0. The van der Waals surface area contributed by atoms with Gasteiger partial charge >= 0.3 is 0 Å². The third-order valence-corrected chi connectivity index (χ3v) is 5.19. The average Bonchev–Trinajstić information content (AvgIpc) is 3.25. The van der Waals surface area contributed by atoms with Crippen LogP contribution in [0.25, 0.3) is 11.3 Å². The summed E-state index contributed by atoms with van der Waals surface area (Å²) < 4.78 is 11.1. The number of methoxy groups -OCH3 is 1. The van der Waals surface area contributed by atoms with Crippen LogP contribution in [-0.2, 0) is 16.1 Å². The molecule has 0 bridgehead atoms. The molecular formula is C23H26N4O3. The fourth-order valence-corrected chi connectivity index (χ4v) is 3.65. The van der Waals surface area contributed by atoms with Crippen molar-refractivity contribution in [2.75, 3.05) is 32.2 Å². The average molecular weight is 406 g/mol. The van der Waals surface area contributed by atoms with Crippen LogP contribution in [0, 0.1) is 0 Å². The molecule has 1 atom stereocenters. The lowest BCUT2D eigenvalue weighted by atomic mass is 10.1. The number of benzene rings is 2. The van der Waals surface area contributed by atoms with Gasteiger partial charge in [-0.2, -0.15) is 0 Å². The number of aromatic amines is 1. The minimum atomic E-state index is -0.0688. The van der Waals surface area contributed by atoms with Crippen molar-refractivity contribution in [2.45, 2.75) is 19.5 Å². The van der Waals surface area contributed by atoms with Crippen molar-refractivity contribution < 1.29 is 14.3 Å². The maximum Gasteiger partial charge on any atom is 0.221 e. The maximum absolute atomic E-state index is 11.2. The number of morpholine rings is 1. The summed E-state index contributed by atoms with van der Waals surface area (Å²) in [4.78, 5) is 21.7. The monoisotopic (exact) mass is 406 g/mol. The molecule has 30 heavy (non-hydrogen) atoms. The number of ether oxygens (including phenoxy) is 2. The molecule has 1 aliphatic rings. The maximum atomic E-state index is 11.2. The van der Waals surface area contributed by atoms with E-state index in [-0.39, 0.29) is 11.9 Å². The Morgan fingerprint density at radius 2 is 2.13 bits per heavy atom. The van der Waals surface area contributed by atoms with Gasteiger partial charge in [-0.1, -0.05) is 24.3 Å². The number of nitrogens with zero attached hydrogens (tertiary/aromatic N) is 2. The van der Waals surface area contributed by atoms with Crippen LogP contribution < -0.4 is 10.1 Å². The molecule has 0 radical (unpaired) electrons. The van der Waals surface area contributed by atoms with Crippen LogP contribution in [-0.4, -0.2) is 47.6 Å². The van der Waals surface area contributed by atoms with Crippen LogP contribution in [0.4, 0.5) is 5.69 Å². The summed E-state index contributed by atoms with van der Waals surface area (Å²) in [6.45, 7) is 4.41. The van der Waals surface area contributed by atoms with Crippen molar-refractivity contribution in [2.24, 2.45) is 0 Å². The SMILES string of the molecule is COc1cccc(-c2cnc([C@@H]3COCCN3Cc3ccc(NC(C)=O)cc3)[nH]2)c1. The number of anilines is 1. The highest BCUT2D eigenvalue weighted by molar-refractivity contribution is 5.88. The van der Waals surface area contributed by atoms with Crippen LogP contribution in [0.1, 0.15) is 24.4 Å². The van der Waals surface area contributed by atoms with E-state index in [2.05, 4.69) is 20.2 Å². The van der Waals surface area contributed by atoms with E-state index in [1.807, 2.05) is 54.7 Å². The van der Waals surface area contributed by atoms with Crippen molar-refractivity contribution in [3.05, 3.63) is 66.1 Å². The first-order chi connectivity index (χ1) is 14.6. The lowest BCUT2D eigenvalue weighted by Gasteiger charge is -2.34. The Balaban J connectivity index is 1.50. The molecule has 1 saturated heterocycles. The highest BCUT2D eigenvalue weighted by Crippen LogP contribution is 2.28. The second-order valence-electron chi connectivity index (χ2n) is 7.35. The lowest BCUT2D eigenvalue weighted by molar-refractivity contribution is -0.114. The Morgan fingerprint density at radius 3 is 2.90 bits per heavy atom. The molecule has 7 nitrogen and oxygen atoms in total. The van der Waals surface area contributed by atoms with Gasteiger partial charge in [-0.05, 0) is 29.8 Å². The number of carbonyl (C=O) groups excluding carboxylic acids is 1. The van der Waals surface area contributed by atoms with Gasteiger partial charge in [-0.3, -0.25) is 9.69 Å². The zero-order chi connectivity index (χ0) is 20.9. The number of amides is 1. The lowest BCUT2D eigenvalue weighted by Crippen LogP contribution is -2.39. The van der Waals surface area contributed by atoms with Gasteiger partial charge in [0.1, 0.15) is 11.6 Å². The van der Waals surface area contributed by atoms with Crippen molar-refractivity contribution in [1.29, 1.82) is 0 Å². The van der Waals surface area contributed by atoms with Crippen molar-refractivity contribution in [1.82, 2.24) is 14.9 Å². The molecule has 0 saturated carbocycles. The number of aromatic nitrogens is 2. The van der Waals surface area contributed by atoms with Gasteiger partial charge < -0.3 is 19.8 Å². The van der Waals surface area contributed by atoms with E-state index in [0.717, 1.165) is 41.6 Å². The number of carbonyl (C=O) groups is 1. The van der Waals surface area contributed by atoms with Crippen molar-refractivity contribution in [3.63, 3.8) is 0 Å². The van der Waals surface area contributed by atoms with Crippen molar-refractivity contribution >= 4 is 11.6 Å². The molecule has 1 aliphatic heterocycles. The molecule has 1 amide bonds. The molecular weight excluding hydrogens is 380 g/mol. The Bertz CT molecular complexity index is 1000. The normalized spacial score (nSPS) is 16.9. The Kier molecular flexibility index (Phi) is 6.11. The quantitative estimate of drug-likeness (QED) is 0.654. The summed E-state index contributed by atoms with van der Waals surface area (Å²) in [6.07, 6.45) is 1.86. The predicted molar refractivity (Wildman–Crippen MR) is 115 cm³/mol. The zero-order valence-electron chi connectivity index (χ0n) is 17.2. The van der Waals surface area contributed by atoms with E-state index >= 15 is 0 Å². The van der Waals surface area contributed by atoms with E-state index < -0.39 is 0 Å². The first kappa shape index (κ1) is 20.1. The fourth-order valence-electron chi connectivity index (χ4n) is 3.65. The second kappa shape index (κ2) is 9.11. The first-order valence-corrected chi connectivity index (χ1v) is 10.00. The molecule has 0 aliphatic carbocycles. The zero-order valence-corrected chi connectivity index (χ0v) is 17.2. The topological polar surface area (TPSA) is 79.5 Å². The molecule has 1 aromatic heterocycles. The molecule has 156 valence electrons. The predicted octanol–water partition coefficient (Wildman–Crippen LogP) is 3.62. The molecule has 3 aromatic rings. The van der Waals surface area contributed by atoms with E-state index in [0.29, 0.717) is 13.2 Å². The smallest absolute Gasteiger partial charge is 0.221 e. The Hall–Kier alpha value is -3.16. The molecule has 4 rings (SSSR count). The number of nitrogens with one attached hydrogen (secondary N) is 2. The highest BCUT2D eigenvalue weighted by atomic mass is 16.5. The fraction of sp³-hybridized carbons (Fsp3) is 0.304. The van der Waals surface area contributed by atoms with Gasteiger partial charge in [0.05, 0.1) is 38.3 Å². The largest absolute Gasteiger partial charge is 0.497 e. The Labute approximate surface area is 176 Å². The van der Waals surface area contributed by atoms with Gasteiger partial charge in [0.2, 0.25) is 5.91 Å². The number of H-pyrrole nitrogens is 1. The standard InChI is InChI=1S/C23H26N4O3/c1-16(28)25-19-8-6-17(7-9-19)14-27-10-11-30-15-22(27)23-24-13-21(26-23)18-4-3-5-20(12-18)29-2/h3-9,12-13,22H,10-11,14-15H2,1-2H3,(H,24,26)(H,25,28)/t22-/m0/s1. The molecule has 0 unspecified atom stereocenters. The summed E-state index contributed by atoms with van der Waals surface area (Å²) in [7, 11) is 1.66. The van der Waals surface area contributed by atoms with Gasteiger partial charge in [0.25, 0.3) is 0 Å². The third-order valence-electron chi connectivity index (χ3n) is 5.19.